The highest BCUT2D eigenvalue weighted by molar-refractivity contribution is 5.85. The first-order valence-corrected chi connectivity index (χ1v) is 11.4. The van der Waals surface area contributed by atoms with Crippen LogP contribution < -0.4 is 21.5 Å². The lowest BCUT2D eigenvalue weighted by Crippen LogP contribution is -2.42. The first-order valence-electron chi connectivity index (χ1n) is 11.4. The molecule has 10 heteroatoms. The van der Waals surface area contributed by atoms with Crippen molar-refractivity contribution in [2.45, 2.75) is 19.3 Å². The van der Waals surface area contributed by atoms with Crippen molar-refractivity contribution in [2.75, 3.05) is 31.1 Å². The van der Waals surface area contributed by atoms with Gasteiger partial charge in [-0.3, -0.25) is 24.0 Å². The summed E-state index contributed by atoms with van der Waals surface area (Å²) in [7, 11) is 3.17. The summed E-state index contributed by atoms with van der Waals surface area (Å²) in [6.07, 6.45) is 2.52. The van der Waals surface area contributed by atoms with Crippen LogP contribution in [0.15, 0.2) is 70.3 Å². The number of nitrogens with one attached hydrogen (secondary N) is 1. The van der Waals surface area contributed by atoms with Crippen LogP contribution in [0.1, 0.15) is 17.5 Å². The third-order valence-electron chi connectivity index (χ3n) is 5.86. The molecule has 1 heterocycles. The average molecular weight is 502 g/mol. The summed E-state index contributed by atoms with van der Waals surface area (Å²) < 4.78 is 2.62. The second kappa shape index (κ2) is 13.5. The largest absolute Gasteiger partial charge is 0.356 e. The Balaban J connectivity index is 0.00000432. The zero-order chi connectivity index (χ0) is 24.5. The maximum Gasteiger partial charge on any atom is 0.332 e. The predicted octanol–water partition coefficient (Wildman–Crippen LogP) is 2.69. The molecule has 0 saturated carbocycles. The Morgan fingerprint density at radius 1 is 0.886 bits per heavy atom. The molecule has 0 unspecified atom stereocenters. The molecule has 0 saturated heterocycles. The number of benzene rings is 2. The maximum absolute atomic E-state index is 12.4. The number of hydrogen-bond acceptors (Lipinski definition) is 6. The van der Waals surface area contributed by atoms with E-state index in [0.717, 1.165) is 35.9 Å². The van der Waals surface area contributed by atoms with Gasteiger partial charge in [-0.05, 0) is 36.9 Å². The SMILES string of the molecule is Cl.Cn1c(N(CCNCCCc2ccc([N+](=O)[O-])cc2)CCc2ccccc2)cc(=O)n(C)c1=O. The molecule has 0 fully saturated rings. The Morgan fingerprint density at radius 2 is 1.54 bits per heavy atom. The number of nitrogens with zero attached hydrogens (tertiary/aromatic N) is 4. The van der Waals surface area contributed by atoms with Crippen molar-refractivity contribution in [2.24, 2.45) is 14.1 Å². The van der Waals surface area contributed by atoms with Crippen molar-refractivity contribution in [1.29, 1.82) is 0 Å². The third-order valence-corrected chi connectivity index (χ3v) is 5.86. The molecule has 1 N–H and O–H groups in total. The number of anilines is 1. The lowest BCUT2D eigenvalue weighted by molar-refractivity contribution is -0.384. The summed E-state index contributed by atoms with van der Waals surface area (Å²) in [5, 5.41) is 14.2. The zero-order valence-corrected chi connectivity index (χ0v) is 20.9. The van der Waals surface area contributed by atoms with E-state index in [0.29, 0.717) is 25.5 Å². The second-order valence-corrected chi connectivity index (χ2v) is 8.24. The van der Waals surface area contributed by atoms with Gasteiger partial charge < -0.3 is 10.2 Å². The van der Waals surface area contributed by atoms with E-state index in [-0.39, 0.29) is 29.3 Å². The van der Waals surface area contributed by atoms with E-state index in [2.05, 4.69) is 22.3 Å². The molecule has 3 aromatic rings. The van der Waals surface area contributed by atoms with Crippen molar-refractivity contribution in [3.63, 3.8) is 0 Å². The highest BCUT2D eigenvalue weighted by atomic mass is 35.5. The van der Waals surface area contributed by atoms with Crippen LogP contribution in [0.25, 0.3) is 0 Å². The molecule has 0 aliphatic heterocycles. The van der Waals surface area contributed by atoms with Crippen molar-refractivity contribution < 1.29 is 4.92 Å². The fourth-order valence-electron chi connectivity index (χ4n) is 3.82. The van der Waals surface area contributed by atoms with Gasteiger partial charge in [-0.1, -0.05) is 42.5 Å². The highest BCUT2D eigenvalue weighted by Crippen LogP contribution is 2.13. The number of rotatable bonds is 12. The number of halogens is 1. The van der Waals surface area contributed by atoms with Gasteiger partial charge in [0.1, 0.15) is 5.82 Å². The lowest BCUT2D eigenvalue weighted by atomic mass is 10.1. The van der Waals surface area contributed by atoms with Crippen LogP contribution in [-0.4, -0.2) is 40.2 Å². The molecule has 0 amide bonds. The molecule has 0 bridgehead atoms. The van der Waals surface area contributed by atoms with Crippen LogP contribution >= 0.6 is 12.4 Å². The normalized spacial score (nSPS) is 10.6. The number of aromatic nitrogens is 2. The third kappa shape index (κ3) is 7.80. The summed E-state index contributed by atoms with van der Waals surface area (Å²) in [5.41, 5.74) is 1.69. The Hall–Kier alpha value is -3.43. The fourth-order valence-corrected chi connectivity index (χ4v) is 3.82. The van der Waals surface area contributed by atoms with E-state index in [9.17, 15) is 19.7 Å². The zero-order valence-electron chi connectivity index (χ0n) is 20.1. The number of hydrogen-bond donors (Lipinski definition) is 1. The van der Waals surface area contributed by atoms with Crippen LogP contribution in [0.2, 0.25) is 0 Å². The van der Waals surface area contributed by atoms with Crippen LogP contribution in [0.4, 0.5) is 11.5 Å². The summed E-state index contributed by atoms with van der Waals surface area (Å²) >= 11 is 0. The number of nitro groups is 1. The molecule has 1 aromatic heterocycles. The lowest BCUT2D eigenvalue weighted by Gasteiger charge is -2.27. The highest BCUT2D eigenvalue weighted by Gasteiger charge is 2.13. The molecule has 9 nitrogen and oxygen atoms in total. The van der Waals surface area contributed by atoms with E-state index in [4.69, 9.17) is 0 Å². The Bertz CT molecular complexity index is 1210. The van der Waals surface area contributed by atoms with Crippen molar-refractivity contribution >= 4 is 23.9 Å². The van der Waals surface area contributed by atoms with E-state index < -0.39 is 4.92 Å². The molecule has 0 atom stereocenters. The maximum atomic E-state index is 12.4. The number of nitro benzene ring substituents is 1. The van der Waals surface area contributed by atoms with Gasteiger partial charge in [0.05, 0.1) is 4.92 Å². The van der Waals surface area contributed by atoms with Gasteiger partial charge in [-0.2, -0.15) is 0 Å². The second-order valence-electron chi connectivity index (χ2n) is 8.24. The van der Waals surface area contributed by atoms with Crippen molar-refractivity contribution in [3.05, 3.63) is 103 Å². The molecule has 0 radical (unpaired) electrons. The molecule has 35 heavy (non-hydrogen) atoms. The summed E-state index contributed by atoms with van der Waals surface area (Å²) in [6, 6.07) is 18.3. The van der Waals surface area contributed by atoms with Gasteiger partial charge in [-0.25, -0.2) is 4.79 Å². The summed E-state index contributed by atoms with van der Waals surface area (Å²) in [4.78, 5) is 37.1. The smallest absolute Gasteiger partial charge is 0.332 e. The first-order chi connectivity index (χ1) is 16.4. The molecule has 0 spiro atoms. The molecule has 3 rings (SSSR count). The Kier molecular flexibility index (Phi) is 10.7. The van der Waals surface area contributed by atoms with Crippen molar-refractivity contribution in [3.8, 4) is 0 Å². The van der Waals surface area contributed by atoms with Gasteiger partial charge >= 0.3 is 5.69 Å². The molecule has 0 aliphatic rings. The van der Waals surface area contributed by atoms with Gasteiger partial charge in [0.15, 0.2) is 0 Å². The standard InChI is InChI=1S/C25H31N5O4.ClH/c1-27-23(19-24(31)28(2)25(27)32)29(17-14-20-7-4-3-5-8-20)18-16-26-15-6-9-21-10-12-22(13-11-21)30(33)34;/h3-5,7-8,10-13,19,26H,6,9,14-18H2,1-2H3;1H. The Labute approximate surface area is 210 Å². The Morgan fingerprint density at radius 3 is 2.20 bits per heavy atom. The van der Waals surface area contributed by atoms with Crippen molar-refractivity contribution in [1.82, 2.24) is 14.5 Å². The van der Waals surface area contributed by atoms with E-state index in [1.54, 1.807) is 19.2 Å². The van der Waals surface area contributed by atoms with Crippen LogP contribution in [-0.2, 0) is 26.9 Å². The minimum atomic E-state index is -0.396. The molecular weight excluding hydrogens is 470 g/mol. The topological polar surface area (TPSA) is 102 Å². The summed E-state index contributed by atoms with van der Waals surface area (Å²) in [6.45, 7) is 2.80. The van der Waals surface area contributed by atoms with Gasteiger partial charge in [0.25, 0.3) is 11.2 Å². The minimum absolute atomic E-state index is 0. The number of aryl methyl sites for hydroxylation is 1. The fraction of sp³-hybridized carbons (Fsp3) is 0.360. The monoisotopic (exact) mass is 501 g/mol. The average Bonchev–Trinajstić information content (AvgIpc) is 2.85. The molecular formula is C25H32ClN5O4. The first kappa shape index (κ1) is 27.8. The molecule has 2 aromatic carbocycles. The van der Waals surface area contributed by atoms with Gasteiger partial charge in [0.2, 0.25) is 0 Å². The van der Waals surface area contributed by atoms with E-state index >= 15 is 0 Å². The number of non-ortho nitro benzene ring substituents is 1. The predicted molar refractivity (Wildman–Crippen MR) is 141 cm³/mol. The minimum Gasteiger partial charge on any atom is -0.356 e. The molecule has 0 aliphatic carbocycles. The summed E-state index contributed by atoms with van der Waals surface area (Å²) in [5.74, 6) is 0.608. The van der Waals surface area contributed by atoms with E-state index in [1.807, 2.05) is 18.2 Å². The van der Waals surface area contributed by atoms with Gasteiger partial charge in [-0.15, -0.1) is 12.4 Å². The van der Waals surface area contributed by atoms with Crippen LogP contribution in [0.5, 0.6) is 0 Å². The molecule has 188 valence electrons. The van der Waals surface area contributed by atoms with Crippen LogP contribution in [0.3, 0.4) is 0 Å². The van der Waals surface area contributed by atoms with Crippen LogP contribution in [0, 0.1) is 10.1 Å². The quantitative estimate of drug-likeness (QED) is 0.232. The van der Waals surface area contributed by atoms with Gasteiger partial charge in [0, 0.05) is 51.9 Å². The van der Waals surface area contributed by atoms with E-state index in [1.165, 1.54) is 35.4 Å².